The number of hydrazone groups is 1. The van der Waals surface area contributed by atoms with Crippen LogP contribution in [0, 0.1) is 12.3 Å². The smallest absolute Gasteiger partial charge is 0.206 e. The number of furan rings is 1. The SMILES string of the molecule is COc1ccccc1C1C/C(=N\NC(=N)N)c2c(C)coc2C1.Cl. The van der Waals surface area contributed by atoms with Crippen LogP contribution >= 0.6 is 12.4 Å². The summed E-state index contributed by atoms with van der Waals surface area (Å²) in [6.07, 6.45) is 3.27. The van der Waals surface area contributed by atoms with E-state index >= 15 is 0 Å². The van der Waals surface area contributed by atoms with E-state index < -0.39 is 0 Å². The van der Waals surface area contributed by atoms with E-state index in [4.69, 9.17) is 20.3 Å². The lowest BCUT2D eigenvalue weighted by Gasteiger charge is -2.25. The molecular weight excluding hydrogens is 328 g/mol. The molecule has 1 aromatic carbocycles. The van der Waals surface area contributed by atoms with Gasteiger partial charge < -0.3 is 14.9 Å². The van der Waals surface area contributed by atoms with Gasteiger partial charge in [-0.3, -0.25) is 5.41 Å². The summed E-state index contributed by atoms with van der Waals surface area (Å²) in [5.74, 6) is 1.80. The van der Waals surface area contributed by atoms with Gasteiger partial charge in [-0.15, -0.1) is 12.4 Å². The predicted molar refractivity (Wildman–Crippen MR) is 96.3 cm³/mol. The van der Waals surface area contributed by atoms with Gasteiger partial charge in [0.15, 0.2) is 0 Å². The van der Waals surface area contributed by atoms with Crippen molar-refractivity contribution in [2.24, 2.45) is 10.8 Å². The lowest BCUT2D eigenvalue weighted by Crippen LogP contribution is -2.29. The van der Waals surface area contributed by atoms with Crippen molar-refractivity contribution in [2.75, 3.05) is 7.11 Å². The molecular formula is C17H21ClN4O2. The lowest BCUT2D eigenvalue weighted by molar-refractivity contribution is 0.402. The molecule has 0 aliphatic heterocycles. The molecule has 1 aromatic heterocycles. The van der Waals surface area contributed by atoms with E-state index in [-0.39, 0.29) is 24.3 Å². The van der Waals surface area contributed by atoms with Crippen LogP contribution in [-0.2, 0) is 6.42 Å². The molecule has 1 atom stereocenters. The molecule has 24 heavy (non-hydrogen) atoms. The van der Waals surface area contributed by atoms with Crippen molar-refractivity contribution >= 4 is 24.1 Å². The molecule has 0 bridgehead atoms. The minimum Gasteiger partial charge on any atom is -0.496 e. The number of para-hydroxylation sites is 1. The first-order chi connectivity index (χ1) is 11.1. The van der Waals surface area contributed by atoms with E-state index in [2.05, 4.69) is 16.6 Å². The monoisotopic (exact) mass is 348 g/mol. The zero-order chi connectivity index (χ0) is 16.4. The second kappa shape index (κ2) is 7.40. The number of nitrogens with zero attached hydrogens (tertiary/aromatic N) is 1. The van der Waals surface area contributed by atoms with Crippen LogP contribution < -0.4 is 15.9 Å². The Balaban J connectivity index is 0.00000208. The van der Waals surface area contributed by atoms with Gasteiger partial charge in [0, 0.05) is 17.9 Å². The molecule has 0 amide bonds. The van der Waals surface area contributed by atoms with E-state index in [1.54, 1.807) is 13.4 Å². The quantitative estimate of drug-likeness (QED) is 0.451. The lowest BCUT2D eigenvalue weighted by atomic mass is 9.81. The molecule has 128 valence electrons. The van der Waals surface area contributed by atoms with Gasteiger partial charge in [-0.1, -0.05) is 18.2 Å². The summed E-state index contributed by atoms with van der Waals surface area (Å²) in [6, 6.07) is 7.99. The Labute approximate surface area is 147 Å². The average molecular weight is 349 g/mol. The maximum absolute atomic E-state index is 7.31. The van der Waals surface area contributed by atoms with Gasteiger partial charge in [-0.05, 0) is 30.5 Å². The molecule has 4 N–H and O–H groups in total. The Morgan fingerprint density at radius 3 is 2.83 bits per heavy atom. The zero-order valence-electron chi connectivity index (χ0n) is 13.6. The number of rotatable bonds is 3. The van der Waals surface area contributed by atoms with Crippen molar-refractivity contribution < 1.29 is 9.15 Å². The van der Waals surface area contributed by atoms with Crippen molar-refractivity contribution in [1.82, 2.24) is 5.43 Å². The summed E-state index contributed by atoms with van der Waals surface area (Å²) >= 11 is 0. The summed E-state index contributed by atoms with van der Waals surface area (Å²) in [5.41, 5.74) is 11.9. The standard InChI is InChI=1S/C17H20N4O2.ClH/c1-10-9-23-15-8-11(12-5-3-4-6-14(12)22-2)7-13(16(10)15)20-21-17(18)19;/h3-6,9,11H,7-8H2,1-2H3,(H4,18,19,21);1H/b20-13+;. The number of methoxy groups -OCH3 is 1. The number of ether oxygens (including phenoxy) is 1. The zero-order valence-corrected chi connectivity index (χ0v) is 14.4. The molecule has 1 unspecified atom stereocenters. The number of benzene rings is 1. The predicted octanol–water partition coefficient (Wildman–Crippen LogP) is 2.94. The van der Waals surface area contributed by atoms with Crippen molar-refractivity contribution in [1.29, 1.82) is 5.41 Å². The third kappa shape index (κ3) is 3.38. The van der Waals surface area contributed by atoms with E-state index in [1.165, 1.54) is 0 Å². The van der Waals surface area contributed by atoms with E-state index in [0.717, 1.165) is 46.8 Å². The molecule has 2 aromatic rings. The highest BCUT2D eigenvalue weighted by atomic mass is 35.5. The molecule has 0 radical (unpaired) electrons. The second-order valence-corrected chi connectivity index (χ2v) is 5.65. The van der Waals surface area contributed by atoms with Crippen molar-refractivity contribution in [2.45, 2.75) is 25.7 Å². The fourth-order valence-electron chi connectivity index (χ4n) is 3.12. The molecule has 1 aliphatic carbocycles. The van der Waals surface area contributed by atoms with Crippen LogP contribution in [0.15, 0.2) is 40.0 Å². The van der Waals surface area contributed by atoms with Gasteiger partial charge in [-0.2, -0.15) is 5.10 Å². The molecule has 0 saturated carbocycles. The number of fused-ring (bicyclic) bond motifs is 1. The number of guanidine groups is 1. The van der Waals surface area contributed by atoms with Crippen LogP contribution in [0.25, 0.3) is 0 Å². The molecule has 0 saturated heterocycles. The highest BCUT2D eigenvalue weighted by molar-refractivity contribution is 6.04. The number of nitrogens with two attached hydrogens (primary N) is 1. The number of aryl methyl sites for hydroxylation is 1. The first kappa shape index (κ1) is 17.9. The number of halogens is 1. The minimum atomic E-state index is -0.181. The number of hydrogen-bond donors (Lipinski definition) is 3. The Bertz CT molecular complexity index is 770. The Kier molecular flexibility index (Phi) is 5.51. The second-order valence-electron chi connectivity index (χ2n) is 5.65. The van der Waals surface area contributed by atoms with Gasteiger partial charge in [-0.25, -0.2) is 5.43 Å². The third-order valence-electron chi connectivity index (χ3n) is 4.10. The van der Waals surface area contributed by atoms with Crippen LogP contribution in [0.3, 0.4) is 0 Å². The first-order valence-corrected chi connectivity index (χ1v) is 7.47. The third-order valence-corrected chi connectivity index (χ3v) is 4.10. The van der Waals surface area contributed by atoms with Gasteiger partial charge in [0.1, 0.15) is 11.5 Å². The highest BCUT2D eigenvalue weighted by Gasteiger charge is 2.30. The Hall–Kier alpha value is -2.47. The van der Waals surface area contributed by atoms with Crippen molar-refractivity contribution in [3.8, 4) is 5.75 Å². The number of nitrogens with one attached hydrogen (secondary N) is 2. The van der Waals surface area contributed by atoms with E-state index in [1.807, 2.05) is 25.1 Å². The summed E-state index contributed by atoms with van der Waals surface area (Å²) in [5, 5.41) is 11.6. The van der Waals surface area contributed by atoms with Gasteiger partial charge in [0.2, 0.25) is 5.96 Å². The molecule has 1 aliphatic rings. The maximum atomic E-state index is 7.31. The first-order valence-electron chi connectivity index (χ1n) is 7.47. The molecule has 7 heteroatoms. The highest BCUT2D eigenvalue weighted by Crippen LogP contribution is 2.38. The van der Waals surface area contributed by atoms with Gasteiger partial charge in [0.25, 0.3) is 0 Å². The van der Waals surface area contributed by atoms with Gasteiger partial charge in [0.05, 0.1) is 19.1 Å². The molecule has 0 spiro atoms. The topological polar surface area (TPSA) is 96.6 Å². The number of hydrogen-bond acceptors (Lipinski definition) is 4. The maximum Gasteiger partial charge on any atom is 0.206 e. The van der Waals surface area contributed by atoms with E-state index in [0.29, 0.717) is 0 Å². The van der Waals surface area contributed by atoms with E-state index in [9.17, 15) is 0 Å². The van der Waals surface area contributed by atoms with Gasteiger partial charge >= 0.3 is 0 Å². The fraction of sp³-hybridized carbons (Fsp3) is 0.294. The minimum absolute atomic E-state index is 0. The normalized spacial score (nSPS) is 17.8. The average Bonchev–Trinajstić information content (AvgIpc) is 2.94. The largest absolute Gasteiger partial charge is 0.496 e. The molecule has 0 fully saturated rings. The molecule has 6 nitrogen and oxygen atoms in total. The molecule has 1 heterocycles. The Morgan fingerprint density at radius 2 is 2.12 bits per heavy atom. The molecule has 3 rings (SSSR count). The van der Waals surface area contributed by atoms with Crippen LogP contribution in [0.1, 0.15) is 34.8 Å². The van der Waals surface area contributed by atoms with Crippen LogP contribution in [0.4, 0.5) is 0 Å². The van der Waals surface area contributed by atoms with Crippen LogP contribution in [-0.4, -0.2) is 18.8 Å². The Morgan fingerprint density at radius 1 is 1.38 bits per heavy atom. The van der Waals surface area contributed by atoms with Crippen molar-refractivity contribution in [3.63, 3.8) is 0 Å². The summed E-state index contributed by atoms with van der Waals surface area (Å²) < 4.78 is 11.2. The summed E-state index contributed by atoms with van der Waals surface area (Å²) in [4.78, 5) is 0. The fourth-order valence-corrected chi connectivity index (χ4v) is 3.12. The van der Waals surface area contributed by atoms with Crippen LogP contribution in [0.5, 0.6) is 5.75 Å². The summed E-state index contributed by atoms with van der Waals surface area (Å²) in [7, 11) is 1.68. The van der Waals surface area contributed by atoms with Crippen molar-refractivity contribution in [3.05, 3.63) is 53.0 Å². The van der Waals surface area contributed by atoms with Crippen LogP contribution in [0.2, 0.25) is 0 Å². The summed E-state index contributed by atoms with van der Waals surface area (Å²) in [6.45, 7) is 2.00.